The summed E-state index contributed by atoms with van der Waals surface area (Å²) in [6.45, 7) is 8.33. The number of carbonyl (C=O) groups is 1. The third kappa shape index (κ3) is 10.6. The van der Waals surface area contributed by atoms with Crippen LogP contribution >= 0.6 is 0 Å². The maximum absolute atomic E-state index is 11.9. The van der Waals surface area contributed by atoms with Crippen LogP contribution in [0.2, 0.25) is 0 Å². The van der Waals surface area contributed by atoms with Gasteiger partial charge in [-0.25, -0.2) is 0 Å². The van der Waals surface area contributed by atoms with Gasteiger partial charge in [-0.05, 0) is 30.0 Å². The molecule has 0 aliphatic heterocycles. The summed E-state index contributed by atoms with van der Waals surface area (Å²) in [5.41, 5.74) is 3.12. The molecule has 0 bridgehead atoms. The minimum atomic E-state index is -0.191. The Morgan fingerprint density at radius 1 is 0.929 bits per heavy atom. The largest absolute Gasteiger partial charge is 0.508 e. The minimum absolute atomic E-state index is 0.0960. The molecular formula is C24H41NO3. The lowest BCUT2D eigenvalue weighted by Gasteiger charge is -2.21. The average Bonchev–Trinajstić information content (AvgIpc) is 2.64. The van der Waals surface area contributed by atoms with Crippen molar-refractivity contribution in [3.8, 4) is 11.5 Å². The van der Waals surface area contributed by atoms with Gasteiger partial charge in [0, 0.05) is 12.0 Å². The summed E-state index contributed by atoms with van der Waals surface area (Å²) in [6, 6.07) is 5.04. The van der Waals surface area contributed by atoms with E-state index in [1.165, 1.54) is 57.8 Å². The first kappa shape index (κ1) is 24.3. The molecule has 0 radical (unpaired) electrons. The predicted molar refractivity (Wildman–Crippen MR) is 117 cm³/mol. The second kappa shape index (κ2) is 13.5. The molecule has 1 rings (SSSR count). The number of aromatic hydroxyl groups is 1. The normalized spacial score (nSPS) is 11.4. The van der Waals surface area contributed by atoms with E-state index in [0.29, 0.717) is 12.2 Å². The molecule has 0 aromatic heterocycles. The van der Waals surface area contributed by atoms with E-state index in [2.05, 4.69) is 12.4 Å². The van der Waals surface area contributed by atoms with Gasteiger partial charge in [0.2, 0.25) is 0 Å². The van der Waals surface area contributed by atoms with Crippen molar-refractivity contribution in [3.05, 3.63) is 23.8 Å². The fourth-order valence-electron chi connectivity index (χ4n) is 3.30. The Hall–Kier alpha value is -1.71. The van der Waals surface area contributed by atoms with Crippen molar-refractivity contribution in [2.24, 2.45) is 0 Å². The molecule has 0 atom stereocenters. The van der Waals surface area contributed by atoms with Crippen LogP contribution in [0.15, 0.2) is 18.2 Å². The molecule has 4 nitrogen and oxygen atoms in total. The van der Waals surface area contributed by atoms with Crippen LogP contribution in [0.1, 0.15) is 110 Å². The quantitative estimate of drug-likeness (QED) is 0.271. The highest BCUT2D eigenvalue weighted by atomic mass is 16.7. The number of phenols is 1. The summed E-state index contributed by atoms with van der Waals surface area (Å²) in [5.74, 6) is 0.684. The Balaban J connectivity index is 2.10. The second-order valence-electron chi connectivity index (χ2n) is 8.84. The Morgan fingerprint density at radius 3 is 2.00 bits per heavy atom. The zero-order valence-electron chi connectivity index (χ0n) is 18.5. The highest BCUT2D eigenvalue weighted by Gasteiger charge is 2.19. The van der Waals surface area contributed by atoms with Gasteiger partial charge in [-0.1, -0.05) is 91.9 Å². The van der Waals surface area contributed by atoms with E-state index >= 15 is 0 Å². The van der Waals surface area contributed by atoms with Gasteiger partial charge in [0.05, 0.1) is 0 Å². The fourth-order valence-corrected chi connectivity index (χ4v) is 3.30. The number of hydrogen-bond donors (Lipinski definition) is 2. The summed E-state index contributed by atoms with van der Waals surface area (Å²) in [4.78, 5) is 17.3. The molecule has 1 amide bonds. The van der Waals surface area contributed by atoms with E-state index in [-0.39, 0.29) is 17.1 Å². The van der Waals surface area contributed by atoms with E-state index in [9.17, 15) is 9.90 Å². The summed E-state index contributed by atoms with van der Waals surface area (Å²) in [5, 5.41) is 9.97. The lowest BCUT2D eigenvalue weighted by Crippen LogP contribution is -2.26. The SMILES string of the molecule is CCCCCCCCCCCCCC(=O)NOc1ccc(O)c(C(C)(C)C)c1. The first-order valence-electron chi connectivity index (χ1n) is 11.1. The summed E-state index contributed by atoms with van der Waals surface area (Å²) in [6.07, 6.45) is 14.4. The molecule has 0 aliphatic carbocycles. The highest BCUT2D eigenvalue weighted by Crippen LogP contribution is 2.33. The number of amides is 1. The number of hydroxylamine groups is 1. The van der Waals surface area contributed by atoms with Crippen LogP contribution in [0.4, 0.5) is 0 Å². The molecule has 0 aliphatic rings. The topological polar surface area (TPSA) is 58.6 Å². The molecule has 0 saturated heterocycles. The van der Waals surface area contributed by atoms with Crippen LogP contribution in [0, 0.1) is 0 Å². The van der Waals surface area contributed by atoms with E-state index in [1.54, 1.807) is 18.2 Å². The van der Waals surface area contributed by atoms with Gasteiger partial charge in [-0.15, -0.1) is 0 Å². The van der Waals surface area contributed by atoms with Gasteiger partial charge in [-0.2, -0.15) is 5.48 Å². The number of hydrogen-bond acceptors (Lipinski definition) is 3. The molecule has 0 fully saturated rings. The first-order valence-corrected chi connectivity index (χ1v) is 11.1. The average molecular weight is 392 g/mol. The van der Waals surface area contributed by atoms with Crippen molar-refractivity contribution in [2.75, 3.05) is 0 Å². The summed E-state index contributed by atoms with van der Waals surface area (Å²) in [7, 11) is 0. The predicted octanol–water partition coefficient (Wildman–Crippen LogP) is 6.80. The molecular weight excluding hydrogens is 350 g/mol. The van der Waals surface area contributed by atoms with Crippen molar-refractivity contribution < 1.29 is 14.7 Å². The first-order chi connectivity index (χ1) is 13.3. The van der Waals surface area contributed by atoms with Crippen molar-refractivity contribution in [2.45, 2.75) is 110 Å². The molecule has 1 aromatic carbocycles. The minimum Gasteiger partial charge on any atom is -0.508 e. The maximum Gasteiger partial charge on any atom is 0.252 e. The smallest absolute Gasteiger partial charge is 0.252 e. The van der Waals surface area contributed by atoms with Gasteiger partial charge >= 0.3 is 0 Å². The number of nitrogens with one attached hydrogen (secondary N) is 1. The standard InChI is InChI=1S/C24H41NO3/c1-5-6-7-8-9-10-11-12-13-14-15-16-23(27)25-28-20-17-18-22(26)21(19-20)24(2,3)4/h17-19,26H,5-16H2,1-4H3,(H,25,27). The van der Waals surface area contributed by atoms with E-state index in [0.717, 1.165) is 18.4 Å². The Kier molecular flexibility index (Phi) is 11.7. The number of carbonyl (C=O) groups excluding carboxylic acids is 1. The number of phenolic OH excluding ortho intramolecular Hbond substituents is 1. The zero-order valence-corrected chi connectivity index (χ0v) is 18.5. The molecule has 0 heterocycles. The van der Waals surface area contributed by atoms with E-state index < -0.39 is 0 Å². The molecule has 28 heavy (non-hydrogen) atoms. The van der Waals surface area contributed by atoms with Gasteiger partial charge in [-0.3, -0.25) is 4.79 Å². The lowest BCUT2D eigenvalue weighted by molar-refractivity contribution is -0.127. The van der Waals surface area contributed by atoms with Crippen LogP contribution < -0.4 is 10.3 Å². The zero-order chi connectivity index (χ0) is 20.8. The molecule has 0 unspecified atom stereocenters. The van der Waals surface area contributed by atoms with E-state index in [4.69, 9.17) is 4.84 Å². The summed E-state index contributed by atoms with van der Waals surface area (Å²) < 4.78 is 0. The molecule has 160 valence electrons. The fraction of sp³-hybridized carbons (Fsp3) is 0.708. The monoisotopic (exact) mass is 391 g/mol. The van der Waals surface area contributed by atoms with Gasteiger partial charge in [0.25, 0.3) is 5.91 Å². The molecule has 4 heteroatoms. The molecule has 1 aromatic rings. The van der Waals surface area contributed by atoms with Crippen molar-refractivity contribution in [1.82, 2.24) is 5.48 Å². The Morgan fingerprint density at radius 2 is 1.46 bits per heavy atom. The van der Waals surface area contributed by atoms with Crippen LogP contribution in [-0.4, -0.2) is 11.0 Å². The molecule has 0 spiro atoms. The lowest BCUT2D eigenvalue weighted by atomic mass is 9.86. The van der Waals surface area contributed by atoms with Crippen molar-refractivity contribution in [1.29, 1.82) is 0 Å². The summed E-state index contributed by atoms with van der Waals surface area (Å²) >= 11 is 0. The number of unbranched alkanes of at least 4 members (excludes halogenated alkanes) is 10. The third-order valence-corrected chi connectivity index (χ3v) is 5.07. The number of benzene rings is 1. The van der Waals surface area contributed by atoms with E-state index in [1.807, 2.05) is 20.8 Å². The van der Waals surface area contributed by atoms with Crippen molar-refractivity contribution >= 4 is 5.91 Å². The Labute approximate surface area is 172 Å². The maximum atomic E-state index is 11.9. The van der Waals surface area contributed by atoms with Crippen LogP contribution in [-0.2, 0) is 10.2 Å². The van der Waals surface area contributed by atoms with Crippen LogP contribution in [0.5, 0.6) is 11.5 Å². The van der Waals surface area contributed by atoms with Crippen molar-refractivity contribution in [3.63, 3.8) is 0 Å². The van der Waals surface area contributed by atoms with Crippen LogP contribution in [0.25, 0.3) is 0 Å². The second-order valence-corrected chi connectivity index (χ2v) is 8.84. The third-order valence-electron chi connectivity index (χ3n) is 5.07. The Bertz CT molecular complexity index is 563. The molecule has 0 saturated carbocycles. The number of rotatable bonds is 14. The molecule has 2 N–H and O–H groups in total. The van der Waals surface area contributed by atoms with Gasteiger partial charge in [0.15, 0.2) is 5.75 Å². The van der Waals surface area contributed by atoms with Gasteiger partial charge in [0.1, 0.15) is 5.75 Å². The highest BCUT2D eigenvalue weighted by molar-refractivity contribution is 5.74. The van der Waals surface area contributed by atoms with Gasteiger partial charge < -0.3 is 9.94 Å². The van der Waals surface area contributed by atoms with Crippen LogP contribution in [0.3, 0.4) is 0 Å².